The largest absolute Gasteiger partial charge is 0.355 e. The molecule has 10 heteroatoms. The van der Waals surface area contributed by atoms with E-state index in [-0.39, 0.29) is 11.9 Å². The van der Waals surface area contributed by atoms with Crippen molar-refractivity contribution in [3.8, 4) is 0 Å². The molecular weight excluding hydrogens is 429 g/mol. The van der Waals surface area contributed by atoms with Crippen LogP contribution in [0.4, 0.5) is 4.39 Å². The summed E-state index contributed by atoms with van der Waals surface area (Å²) in [5.74, 6) is 0.215. The Morgan fingerprint density at radius 1 is 1.21 bits per heavy atom. The van der Waals surface area contributed by atoms with Gasteiger partial charge in [-0.05, 0) is 27.6 Å². The molecular formula is C18H15BrFN7O. The zero-order valence-electron chi connectivity index (χ0n) is 14.7. The van der Waals surface area contributed by atoms with Crippen LogP contribution in [0.25, 0.3) is 5.65 Å². The molecule has 1 saturated heterocycles. The predicted molar refractivity (Wildman–Crippen MR) is 103 cm³/mol. The summed E-state index contributed by atoms with van der Waals surface area (Å²) in [5, 5.41) is 4.34. The standard InChI is InChI=1S/C18H15BrFN7O/c19-12-7-22-16-5-13(24-27(16)8-12)18(28)26-4-3-25-9-14(23-17(25)10-26)11-1-2-15(20)21-6-11/h1-2,5-8,14H,3-4,9-10H2. The fraction of sp³-hybridized carbons (Fsp3) is 0.278. The molecule has 0 N–H and O–H groups in total. The van der Waals surface area contributed by atoms with Crippen molar-refractivity contribution in [3.63, 3.8) is 0 Å². The van der Waals surface area contributed by atoms with Crippen LogP contribution in [0.2, 0.25) is 0 Å². The Hall–Kier alpha value is -2.88. The fourth-order valence-corrected chi connectivity index (χ4v) is 3.82. The predicted octanol–water partition coefficient (Wildman–Crippen LogP) is 1.94. The third-order valence-corrected chi connectivity index (χ3v) is 5.37. The highest BCUT2D eigenvalue weighted by atomic mass is 79.9. The maximum atomic E-state index is 13.1. The van der Waals surface area contributed by atoms with Gasteiger partial charge >= 0.3 is 0 Å². The van der Waals surface area contributed by atoms with E-state index in [1.165, 1.54) is 12.3 Å². The van der Waals surface area contributed by atoms with E-state index in [1.807, 2.05) is 0 Å². The summed E-state index contributed by atoms with van der Waals surface area (Å²) in [4.78, 5) is 29.5. The van der Waals surface area contributed by atoms with Gasteiger partial charge in [-0.25, -0.2) is 14.5 Å². The minimum absolute atomic E-state index is 0.0881. The molecule has 1 atom stereocenters. The average molecular weight is 444 g/mol. The van der Waals surface area contributed by atoms with Crippen molar-refractivity contribution in [2.75, 3.05) is 26.2 Å². The Bertz CT molecular complexity index is 1100. The minimum Gasteiger partial charge on any atom is -0.355 e. The first kappa shape index (κ1) is 17.2. The lowest BCUT2D eigenvalue weighted by atomic mass is 10.1. The Labute approximate surface area is 167 Å². The van der Waals surface area contributed by atoms with Crippen LogP contribution >= 0.6 is 15.9 Å². The van der Waals surface area contributed by atoms with Crippen molar-refractivity contribution in [3.05, 3.63) is 58.5 Å². The van der Waals surface area contributed by atoms with Crippen LogP contribution in [0.15, 0.2) is 46.3 Å². The normalized spacial score (nSPS) is 19.1. The number of carbonyl (C=O) groups is 1. The first-order chi connectivity index (χ1) is 13.6. The fourth-order valence-electron chi connectivity index (χ4n) is 3.53. The van der Waals surface area contributed by atoms with Crippen LogP contribution in [0.1, 0.15) is 22.1 Å². The van der Waals surface area contributed by atoms with Gasteiger partial charge < -0.3 is 9.80 Å². The van der Waals surface area contributed by atoms with E-state index < -0.39 is 5.95 Å². The lowest BCUT2D eigenvalue weighted by Gasteiger charge is -2.33. The summed E-state index contributed by atoms with van der Waals surface area (Å²) in [6.45, 7) is 2.44. The second-order valence-electron chi connectivity index (χ2n) is 6.75. The number of amides is 1. The van der Waals surface area contributed by atoms with Gasteiger partial charge in [0.05, 0.1) is 17.1 Å². The van der Waals surface area contributed by atoms with Crippen molar-refractivity contribution >= 4 is 33.3 Å². The number of hydrogen-bond donors (Lipinski definition) is 0. The molecule has 2 aliphatic rings. The van der Waals surface area contributed by atoms with Crippen LogP contribution in [0, 0.1) is 5.95 Å². The Kier molecular flexibility index (Phi) is 4.08. The van der Waals surface area contributed by atoms with Gasteiger partial charge in [0.15, 0.2) is 11.3 Å². The zero-order chi connectivity index (χ0) is 19.3. The van der Waals surface area contributed by atoms with Crippen LogP contribution in [0.5, 0.6) is 0 Å². The van der Waals surface area contributed by atoms with Gasteiger partial charge in [-0.3, -0.25) is 9.79 Å². The van der Waals surface area contributed by atoms with E-state index in [9.17, 15) is 9.18 Å². The van der Waals surface area contributed by atoms with Gasteiger partial charge in [-0.15, -0.1) is 0 Å². The molecule has 28 heavy (non-hydrogen) atoms. The second-order valence-corrected chi connectivity index (χ2v) is 7.67. The Morgan fingerprint density at radius 2 is 2.11 bits per heavy atom. The molecule has 0 bridgehead atoms. The molecule has 1 unspecified atom stereocenters. The topological polar surface area (TPSA) is 79.0 Å². The van der Waals surface area contributed by atoms with Gasteiger partial charge in [0.2, 0.25) is 5.95 Å². The van der Waals surface area contributed by atoms with Crippen molar-refractivity contribution < 1.29 is 9.18 Å². The van der Waals surface area contributed by atoms with E-state index in [4.69, 9.17) is 4.99 Å². The monoisotopic (exact) mass is 443 g/mol. The number of piperazine rings is 1. The van der Waals surface area contributed by atoms with Crippen molar-refractivity contribution in [2.45, 2.75) is 6.04 Å². The SMILES string of the molecule is O=C(c1cc2ncc(Br)cn2n1)N1CCN2CC(c3ccc(F)nc3)N=C2C1. The first-order valence-corrected chi connectivity index (χ1v) is 9.59. The van der Waals surface area contributed by atoms with Gasteiger partial charge in [0.1, 0.15) is 5.84 Å². The first-order valence-electron chi connectivity index (χ1n) is 8.80. The van der Waals surface area contributed by atoms with E-state index in [2.05, 4.69) is 35.9 Å². The van der Waals surface area contributed by atoms with E-state index in [0.29, 0.717) is 31.0 Å². The molecule has 8 nitrogen and oxygen atoms in total. The van der Waals surface area contributed by atoms with Gasteiger partial charge in [-0.1, -0.05) is 6.07 Å². The summed E-state index contributed by atoms with van der Waals surface area (Å²) in [6.07, 6.45) is 4.95. The minimum atomic E-state index is -0.502. The average Bonchev–Trinajstić information content (AvgIpc) is 3.30. The molecule has 0 spiro atoms. The van der Waals surface area contributed by atoms with Crippen molar-refractivity contribution in [2.24, 2.45) is 4.99 Å². The van der Waals surface area contributed by atoms with Crippen molar-refractivity contribution in [1.29, 1.82) is 0 Å². The number of carbonyl (C=O) groups excluding carboxylic acids is 1. The number of hydrogen-bond acceptors (Lipinski definition) is 6. The van der Waals surface area contributed by atoms with E-state index in [1.54, 1.807) is 33.9 Å². The van der Waals surface area contributed by atoms with Crippen molar-refractivity contribution in [1.82, 2.24) is 29.4 Å². The van der Waals surface area contributed by atoms with Crippen LogP contribution in [-0.4, -0.2) is 67.3 Å². The quantitative estimate of drug-likeness (QED) is 0.565. The molecule has 1 fully saturated rings. The maximum absolute atomic E-state index is 13.1. The molecule has 5 rings (SSSR count). The number of aromatic nitrogens is 4. The molecule has 2 aliphatic heterocycles. The molecule has 0 radical (unpaired) electrons. The number of amidine groups is 1. The molecule has 3 aromatic rings. The van der Waals surface area contributed by atoms with E-state index in [0.717, 1.165) is 22.4 Å². The number of nitrogens with zero attached hydrogens (tertiary/aromatic N) is 7. The molecule has 0 saturated carbocycles. The number of aliphatic imine (C=N–C) groups is 1. The summed E-state index contributed by atoms with van der Waals surface area (Å²) >= 11 is 3.35. The molecule has 3 aromatic heterocycles. The summed E-state index contributed by atoms with van der Waals surface area (Å²) in [6, 6.07) is 4.65. The third kappa shape index (κ3) is 3.03. The highest BCUT2D eigenvalue weighted by molar-refractivity contribution is 9.10. The lowest BCUT2D eigenvalue weighted by Crippen LogP contribution is -2.50. The molecule has 0 aromatic carbocycles. The highest BCUT2D eigenvalue weighted by Gasteiger charge is 2.33. The number of halogens is 2. The number of rotatable bonds is 2. The van der Waals surface area contributed by atoms with Crippen LogP contribution in [-0.2, 0) is 0 Å². The second kappa shape index (κ2) is 6.62. The summed E-state index contributed by atoms with van der Waals surface area (Å²) < 4.78 is 15.4. The van der Waals surface area contributed by atoms with Crippen LogP contribution < -0.4 is 0 Å². The number of pyridine rings is 1. The Balaban J connectivity index is 1.35. The van der Waals surface area contributed by atoms with Gasteiger partial charge in [-0.2, -0.15) is 9.49 Å². The summed E-state index contributed by atoms with van der Waals surface area (Å²) in [7, 11) is 0. The molecule has 1 amide bonds. The van der Waals surface area contributed by atoms with Gasteiger partial charge in [0.25, 0.3) is 5.91 Å². The summed E-state index contributed by atoms with van der Waals surface area (Å²) in [5.41, 5.74) is 1.85. The molecule has 142 valence electrons. The molecule has 0 aliphatic carbocycles. The maximum Gasteiger partial charge on any atom is 0.274 e. The van der Waals surface area contributed by atoms with Crippen LogP contribution in [0.3, 0.4) is 0 Å². The highest BCUT2D eigenvalue weighted by Crippen LogP contribution is 2.26. The molecule has 5 heterocycles. The van der Waals surface area contributed by atoms with Gasteiger partial charge in [0, 0.05) is 44.3 Å². The lowest BCUT2D eigenvalue weighted by molar-refractivity contribution is 0.0742. The zero-order valence-corrected chi connectivity index (χ0v) is 16.3. The smallest absolute Gasteiger partial charge is 0.274 e. The Morgan fingerprint density at radius 3 is 2.93 bits per heavy atom. The number of fused-ring (bicyclic) bond motifs is 2. The third-order valence-electron chi connectivity index (χ3n) is 4.96. The van der Waals surface area contributed by atoms with E-state index >= 15 is 0 Å².